The number of nitrogens with one attached hydrogen (secondary N) is 2. The molecule has 2 N–H and O–H groups in total. The van der Waals surface area contributed by atoms with Crippen molar-refractivity contribution in [2.24, 2.45) is 0 Å². The molecule has 0 radical (unpaired) electrons. The largest absolute Gasteiger partial charge is 0.352 e. The number of halogens is 1. The number of hydrogen-bond acceptors (Lipinski definition) is 3. The lowest BCUT2D eigenvalue weighted by Crippen LogP contribution is -2.28. The lowest BCUT2D eigenvalue weighted by molar-refractivity contribution is -0.121. The number of hydrogen-bond donors (Lipinski definition) is 2. The van der Waals surface area contributed by atoms with E-state index in [1.807, 2.05) is 41.9 Å². The summed E-state index contributed by atoms with van der Waals surface area (Å²) in [5.74, 6) is -0.0971. The van der Waals surface area contributed by atoms with Gasteiger partial charge < -0.3 is 10.6 Å². The fourth-order valence-corrected chi connectivity index (χ4v) is 3.00. The van der Waals surface area contributed by atoms with E-state index in [-0.39, 0.29) is 17.9 Å². The van der Waals surface area contributed by atoms with E-state index in [1.165, 1.54) is 11.3 Å². The van der Waals surface area contributed by atoms with E-state index in [0.717, 1.165) is 10.0 Å². The van der Waals surface area contributed by atoms with Crippen LogP contribution in [0.1, 0.15) is 41.7 Å². The van der Waals surface area contributed by atoms with E-state index in [2.05, 4.69) is 26.6 Å². The Morgan fingerprint density at radius 3 is 2.61 bits per heavy atom. The third-order valence-electron chi connectivity index (χ3n) is 3.40. The molecule has 0 aliphatic rings. The van der Waals surface area contributed by atoms with E-state index >= 15 is 0 Å². The van der Waals surface area contributed by atoms with E-state index in [4.69, 9.17) is 0 Å². The number of carbonyl (C=O) groups is 2. The second kappa shape index (κ2) is 8.84. The zero-order valence-electron chi connectivity index (χ0n) is 12.8. The third kappa shape index (κ3) is 5.80. The van der Waals surface area contributed by atoms with Crippen molar-refractivity contribution in [2.45, 2.75) is 25.8 Å². The van der Waals surface area contributed by atoms with Crippen LogP contribution in [0.5, 0.6) is 0 Å². The summed E-state index contributed by atoms with van der Waals surface area (Å²) < 4.78 is 1.01. The quantitative estimate of drug-likeness (QED) is 0.699. The molecule has 0 fully saturated rings. The average molecular weight is 395 g/mol. The molecule has 1 heterocycles. The van der Waals surface area contributed by atoms with Gasteiger partial charge in [-0.25, -0.2) is 0 Å². The number of thiophene rings is 1. The summed E-state index contributed by atoms with van der Waals surface area (Å²) in [7, 11) is 0. The van der Waals surface area contributed by atoms with E-state index in [9.17, 15) is 9.59 Å². The predicted molar refractivity (Wildman–Crippen MR) is 96.6 cm³/mol. The van der Waals surface area contributed by atoms with Crippen LogP contribution >= 0.6 is 27.3 Å². The zero-order chi connectivity index (χ0) is 16.7. The van der Waals surface area contributed by atoms with Crippen LogP contribution in [-0.2, 0) is 4.79 Å². The second-order valence-corrected chi connectivity index (χ2v) is 6.91. The molecule has 0 spiro atoms. The molecule has 0 saturated carbocycles. The highest BCUT2D eigenvalue weighted by molar-refractivity contribution is 9.10. The summed E-state index contributed by atoms with van der Waals surface area (Å²) in [5.41, 5.74) is 1.73. The second-order valence-electron chi connectivity index (χ2n) is 5.21. The summed E-state index contributed by atoms with van der Waals surface area (Å²) in [4.78, 5) is 23.7. The lowest BCUT2D eigenvalue weighted by Gasteiger charge is -2.14. The van der Waals surface area contributed by atoms with Gasteiger partial charge in [0.25, 0.3) is 5.91 Å². The van der Waals surface area contributed by atoms with Crippen LogP contribution in [0.15, 0.2) is 45.6 Å². The number of carbonyl (C=O) groups excluding carboxylic acids is 2. The molecule has 4 nitrogen and oxygen atoms in total. The molecule has 2 aromatic rings. The maximum Gasteiger partial charge on any atom is 0.252 e. The van der Waals surface area contributed by atoms with Crippen LogP contribution in [-0.4, -0.2) is 18.4 Å². The smallest absolute Gasteiger partial charge is 0.252 e. The van der Waals surface area contributed by atoms with Crippen molar-refractivity contribution in [3.8, 4) is 0 Å². The first-order valence-corrected chi connectivity index (χ1v) is 9.15. The van der Waals surface area contributed by atoms with Crippen molar-refractivity contribution in [1.82, 2.24) is 10.6 Å². The predicted octanol–water partition coefficient (Wildman–Crippen LogP) is 3.90. The van der Waals surface area contributed by atoms with Gasteiger partial charge in [-0.3, -0.25) is 9.59 Å². The normalized spacial score (nSPS) is 11.7. The number of benzene rings is 1. The third-order valence-corrected chi connectivity index (χ3v) is 4.61. The summed E-state index contributed by atoms with van der Waals surface area (Å²) in [5, 5.41) is 9.45. The van der Waals surface area contributed by atoms with Gasteiger partial charge >= 0.3 is 0 Å². The molecule has 0 aliphatic carbocycles. The van der Waals surface area contributed by atoms with Gasteiger partial charge in [0.15, 0.2) is 0 Å². The lowest BCUT2D eigenvalue weighted by atomic mass is 10.1. The van der Waals surface area contributed by atoms with Gasteiger partial charge in [0.1, 0.15) is 0 Å². The van der Waals surface area contributed by atoms with E-state index in [1.54, 1.807) is 6.07 Å². The van der Waals surface area contributed by atoms with Gasteiger partial charge in [0.2, 0.25) is 5.91 Å². The Balaban J connectivity index is 1.67. The standard InChI is InChI=1S/C17H19BrN2O2S/c1-12(13-4-6-15(18)7-5-13)20-16(21)3-2-9-19-17(22)14-8-10-23-11-14/h4-8,10-12H,2-3,9H2,1H3,(H,19,22)(H,20,21). The summed E-state index contributed by atoms with van der Waals surface area (Å²) in [6.45, 7) is 2.45. The van der Waals surface area contributed by atoms with Crippen molar-refractivity contribution in [3.05, 3.63) is 56.7 Å². The van der Waals surface area contributed by atoms with Crippen LogP contribution in [0.25, 0.3) is 0 Å². The van der Waals surface area contributed by atoms with Crippen LogP contribution in [0.2, 0.25) is 0 Å². The minimum absolute atomic E-state index is 0.00907. The Morgan fingerprint density at radius 1 is 1.22 bits per heavy atom. The highest BCUT2D eigenvalue weighted by atomic mass is 79.9. The van der Waals surface area contributed by atoms with Gasteiger partial charge in [0.05, 0.1) is 6.04 Å². The molecule has 0 bridgehead atoms. The molecule has 1 aromatic carbocycles. The van der Waals surface area contributed by atoms with E-state index < -0.39 is 0 Å². The minimum Gasteiger partial charge on any atom is -0.352 e. The molecule has 1 atom stereocenters. The summed E-state index contributed by atoms with van der Waals surface area (Å²) >= 11 is 4.88. The topological polar surface area (TPSA) is 58.2 Å². The molecule has 0 aliphatic heterocycles. The highest BCUT2D eigenvalue weighted by Crippen LogP contribution is 2.16. The Labute approximate surface area is 148 Å². The maximum absolute atomic E-state index is 11.9. The maximum atomic E-state index is 11.9. The molecule has 2 amide bonds. The Kier molecular flexibility index (Phi) is 6.80. The van der Waals surface area contributed by atoms with Crippen LogP contribution in [0.4, 0.5) is 0 Å². The SMILES string of the molecule is CC(NC(=O)CCCNC(=O)c1ccsc1)c1ccc(Br)cc1. The molecule has 6 heteroatoms. The first-order valence-electron chi connectivity index (χ1n) is 7.41. The van der Waals surface area contributed by atoms with E-state index in [0.29, 0.717) is 24.9 Å². The first kappa shape index (κ1) is 17.7. The van der Waals surface area contributed by atoms with Crippen molar-refractivity contribution >= 4 is 39.1 Å². The molecule has 2 rings (SSSR count). The van der Waals surface area contributed by atoms with Crippen molar-refractivity contribution in [1.29, 1.82) is 0 Å². The minimum atomic E-state index is -0.0881. The van der Waals surface area contributed by atoms with Crippen LogP contribution in [0, 0.1) is 0 Å². The Bertz CT molecular complexity index is 641. The van der Waals surface area contributed by atoms with Gasteiger partial charge in [-0.1, -0.05) is 28.1 Å². The van der Waals surface area contributed by atoms with Crippen molar-refractivity contribution in [2.75, 3.05) is 6.54 Å². The highest BCUT2D eigenvalue weighted by Gasteiger charge is 2.10. The molecule has 1 unspecified atom stereocenters. The van der Waals surface area contributed by atoms with Crippen molar-refractivity contribution in [3.63, 3.8) is 0 Å². The molecule has 1 aromatic heterocycles. The van der Waals surface area contributed by atoms with Crippen LogP contribution in [0.3, 0.4) is 0 Å². The Morgan fingerprint density at radius 2 is 1.96 bits per heavy atom. The number of amides is 2. The van der Waals surface area contributed by atoms with Crippen molar-refractivity contribution < 1.29 is 9.59 Å². The van der Waals surface area contributed by atoms with Gasteiger partial charge in [-0.05, 0) is 42.5 Å². The number of rotatable bonds is 7. The zero-order valence-corrected chi connectivity index (χ0v) is 15.2. The van der Waals surface area contributed by atoms with Crippen LogP contribution < -0.4 is 10.6 Å². The fourth-order valence-electron chi connectivity index (χ4n) is 2.10. The molecule has 0 saturated heterocycles. The molecule has 122 valence electrons. The molecular weight excluding hydrogens is 376 g/mol. The molecule has 23 heavy (non-hydrogen) atoms. The first-order chi connectivity index (χ1) is 11.1. The average Bonchev–Trinajstić information content (AvgIpc) is 3.06. The monoisotopic (exact) mass is 394 g/mol. The fraction of sp³-hybridized carbons (Fsp3) is 0.294. The molecular formula is C17H19BrN2O2S. The Hall–Kier alpha value is -1.66. The summed E-state index contributed by atoms with van der Waals surface area (Å²) in [6, 6.07) is 9.63. The summed E-state index contributed by atoms with van der Waals surface area (Å²) in [6.07, 6.45) is 1.01. The van der Waals surface area contributed by atoms with Gasteiger partial charge in [-0.2, -0.15) is 11.3 Å². The van der Waals surface area contributed by atoms with Gasteiger partial charge in [-0.15, -0.1) is 0 Å². The van der Waals surface area contributed by atoms with Gasteiger partial charge in [0, 0.05) is 28.4 Å².